The van der Waals surface area contributed by atoms with Crippen LogP contribution in [0.3, 0.4) is 0 Å². The van der Waals surface area contributed by atoms with Crippen LogP contribution in [-0.2, 0) is 0 Å². The van der Waals surface area contributed by atoms with E-state index in [-0.39, 0.29) is 17.9 Å². The molecule has 4 nitrogen and oxygen atoms in total. The highest BCUT2D eigenvalue weighted by Crippen LogP contribution is 2.34. The van der Waals surface area contributed by atoms with Crippen LogP contribution in [0.2, 0.25) is 5.02 Å². The molecule has 1 N–H and O–H groups in total. The Morgan fingerprint density at radius 1 is 1.08 bits per heavy atom. The Morgan fingerprint density at radius 2 is 1.83 bits per heavy atom. The standard InChI is InChI=1S/C19H20ClNO3/c1-12(2)18(21-19(22)14-4-3-5-15(20)10-14)13-6-7-16-17(11-13)24-9-8-23-16/h3-7,10-12,18H,8-9H2,1-2H3,(H,21,22)/t18-/m1/s1. The van der Waals surface area contributed by atoms with E-state index in [9.17, 15) is 4.79 Å². The van der Waals surface area contributed by atoms with Crippen LogP contribution < -0.4 is 14.8 Å². The van der Waals surface area contributed by atoms with E-state index in [1.807, 2.05) is 18.2 Å². The summed E-state index contributed by atoms with van der Waals surface area (Å²) in [6, 6.07) is 12.6. The maximum Gasteiger partial charge on any atom is 0.251 e. The smallest absolute Gasteiger partial charge is 0.251 e. The predicted molar refractivity (Wildman–Crippen MR) is 93.9 cm³/mol. The quantitative estimate of drug-likeness (QED) is 0.901. The van der Waals surface area contributed by atoms with Gasteiger partial charge in [0.05, 0.1) is 6.04 Å². The van der Waals surface area contributed by atoms with Crippen LogP contribution in [0, 0.1) is 5.92 Å². The summed E-state index contributed by atoms with van der Waals surface area (Å²) in [6.07, 6.45) is 0. The Bertz CT molecular complexity index is 745. The minimum absolute atomic E-state index is 0.132. The highest BCUT2D eigenvalue weighted by atomic mass is 35.5. The third kappa shape index (κ3) is 3.65. The van der Waals surface area contributed by atoms with Gasteiger partial charge in [-0.3, -0.25) is 4.79 Å². The molecule has 0 aromatic heterocycles. The zero-order valence-electron chi connectivity index (χ0n) is 13.7. The van der Waals surface area contributed by atoms with Crippen molar-refractivity contribution in [3.63, 3.8) is 0 Å². The van der Waals surface area contributed by atoms with Crippen LogP contribution in [0.4, 0.5) is 0 Å². The van der Waals surface area contributed by atoms with Gasteiger partial charge in [-0.2, -0.15) is 0 Å². The molecule has 0 spiro atoms. The van der Waals surface area contributed by atoms with Gasteiger partial charge in [-0.25, -0.2) is 0 Å². The minimum Gasteiger partial charge on any atom is -0.486 e. The van der Waals surface area contributed by atoms with Crippen LogP contribution in [0.1, 0.15) is 35.8 Å². The van der Waals surface area contributed by atoms with E-state index in [2.05, 4.69) is 19.2 Å². The third-order valence-corrected chi connectivity index (χ3v) is 4.20. The van der Waals surface area contributed by atoms with Crippen LogP contribution in [-0.4, -0.2) is 19.1 Å². The van der Waals surface area contributed by atoms with Crippen molar-refractivity contribution in [2.45, 2.75) is 19.9 Å². The van der Waals surface area contributed by atoms with E-state index < -0.39 is 0 Å². The number of nitrogens with one attached hydrogen (secondary N) is 1. The average molecular weight is 346 g/mol. The number of amides is 1. The Balaban J connectivity index is 1.83. The van der Waals surface area contributed by atoms with Gasteiger partial charge < -0.3 is 14.8 Å². The molecule has 0 unspecified atom stereocenters. The van der Waals surface area contributed by atoms with Crippen LogP contribution in [0.5, 0.6) is 11.5 Å². The molecule has 0 saturated carbocycles. The summed E-state index contributed by atoms with van der Waals surface area (Å²) >= 11 is 5.97. The Labute approximate surface area is 146 Å². The summed E-state index contributed by atoms with van der Waals surface area (Å²) in [6.45, 7) is 5.24. The summed E-state index contributed by atoms with van der Waals surface area (Å²) in [4.78, 5) is 12.5. The maximum atomic E-state index is 12.5. The van der Waals surface area contributed by atoms with Gasteiger partial charge in [-0.05, 0) is 41.8 Å². The fraction of sp³-hybridized carbons (Fsp3) is 0.316. The van der Waals surface area contributed by atoms with E-state index >= 15 is 0 Å². The molecule has 24 heavy (non-hydrogen) atoms. The van der Waals surface area contributed by atoms with Crippen LogP contribution in [0.25, 0.3) is 0 Å². The number of benzene rings is 2. The van der Waals surface area contributed by atoms with Crippen molar-refractivity contribution < 1.29 is 14.3 Å². The van der Waals surface area contributed by atoms with Crippen LogP contribution >= 0.6 is 11.6 Å². The van der Waals surface area contributed by atoms with Gasteiger partial charge >= 0.3 is 0 Å². The molecule has 1 atom stereocenters. The summed E-state index contributed by atoms with van der Waals surface area (Å²) < 4.78 is 11.2. The van der Waals surface area contributed by atoms with E-state index in [0.717, 1.165) is 17.1 Å². The Kier molecular flexibility index (Phi) is 4.95. The molecule has 2 aromatic rings. The molecule has 1 amide bonds. The van der Waals surface area contributed by atoms with Gasteiger partial charge in [0.25, 0.3) is 5.91 Å². The van der Waals surface area contributed by atoms with Crippen molar-refractivity contribution >= 4 is 17.5 Å². The molecule has 3 rings (SSSR count). The zero-order valence-corrected chi connectivity index (χ0v) is 14.5. The second-order valence-electron chi connectivity index (χ2n) is 6.11. The van der Waals surface area contributed by atoms with Gasteiger partial charge in [-0.15, -0.1) is 0 Å². The van der Waals surface area contributed by atoms with Gasteiger partial charge in [0.2, 0.25) is 0 Å². The summed E-state index contributed by atoms with van der Waals surface area (Å²) in [7, 11) is 0. The van der Waals surface area contributed by atoms with Crippen molar-refractivity contribution in [3.8, 4) is 11.5 Å². The first-order valence-electron chi connectivity index (χ1n) is 8.00. The van der Waals surface area contributed by atoms with E-state index in [1.54, 1.807) is 24.3 Å². The van der Waals surface area contributed by atoms with Crippen molar-refractivity contribution in [3.05, 3.63) is 58.6 Å². The lowest BCUT2D eigenvalue weighted by atomic mass is 9.95. The van der Waals surface area contributed by atoms with Gasteiger partial charge in [0.15, 0.2) is 11.5 Å². The number of halogens is 1. The Hall–Kier alpha value is -2.20. The van der Waals surface area contributed by atoms with E-state index in [0.29, 0.717) is 23.8 Å². The SMILES string of the molecule is CC(C)[C@@H](NC(=O)c1cccc(Cl)c1)c1ccc2c(c1)OCCO2. The Morgan fingerprint density at radius 3 is 2.54 bits per heavy atom. The lowest BCUT2D eigenvalue weighted by Crippen LogP contribution is -2.31. The summed E-state index contributed by atoms with van der Waals surface area (Å²) in [5.41, 5.74) is 1.54. The fourth-order valence-corrected chi connectivity index (χ4v) is 2.93. The number of carbonyl (C=O) groups is 1. The zero-order chi connectivity index (χ0) is 17.1. The van der Waals surface area contributed by atoms with E-state index in [1.165, 1.54) is 0 Å². The molecule has 0 saturated heterocycles. The number of hydrogen-bond acceptors (Lipinski definition) is 3. The molecule has 1 heterocycles. The largest absolute Gasteiger partial charge is 0.486 e. The van der Waals surface area contributed by atoms with Gasteiger partial charge in [0.1, 0.15) is 13.2 Å². The normalized spacial score (nSPS) is 14.3. The summed E-state index contributed by atoms with van der Waals surface area (Å²) in [5, 5.41) is 3.63. The first-order valence-corrected chi connectivity index (χ1v) is 8.38. The molecule has 0 radical (unpaired) electrons. The molecular formula is C19H20ClNO3. The third-order valence-electron chi connectivity index (χ3n) is 3.97. The topological polar surface area (TPSA) is 47.6 Å². The maximum absolute atomic E-state index is 12.5. The minimum atomic E-state index is -0.147. The second kappa shape index (κ2) is 7.14. The number of hydrogen-bond donors (Lipinski definition) is 1. The van der Waals surface area contributed by atoms with Crippen LogP contribution in [0.15, 0.2) is 42.5 Å². The molecule has 1 aliphatic rings. The lowest BCUT2D eigenvalue weighted by Gasteiger charge is -2.25. The lowest BCUT2D eigenvalue weighted by molar-refractivity contribution is 0.0925. The molecule has 0 aliphatic carbocycles. The second-order valence-corrected chi connectivity index (χ2v) is 6.55. The number of ether oxygens (including phenoxy) is 2. The molecule has 2 aromatic carbocycles. The van der Waals surface area contributed by atoms with Gasteiger partial charge in [-0.1, -0.05) is 37.6 Å². The fourth-order valence-electron chi connectivity index (χ4n) is 2.74. The van der Waals surface area contributed by atoms with Crippen molar-refractivity contribution in [1.29, 1.82) is 0 Å². The van der Waals surface area contributed by atoms with E-state index in [4.69, 9.17) is 21.1 Å². The number of rotatable bonds is 4. The highest BCUT2D eigenvalue weighted by Gasteiger charge is 2.22. The summed E-state index contributed by atoms with van der Waals surface area (Å²) in [5.74, 6) is 1.54. The molecule has 5 heteroatoms. The first kappa shape index (κ1) is 16.7. The average Bonchev–Trinajstić information content (AvgIpc) is 2.58. The first-order chi connectivity index (χ1) is 11.5. The molecule has 1 aliphatic heterocycles. The predicted octanol–water partition coefficient (Wildman–Crippen LogP) is 4.24. The molecular weight excluding hydrogens is 326 g/mol. The molecule has 0 bridgehead atoms. The molecule has 126 valence electrons. The van der Waals surface area contributed by atoms with Gasteiger partial charge in [0, 0.05) is 10.6 Å². The van der Waals surface area contributed by atoms with Crippen molar-refractivity contribution in [2.75, 3.05) is 13.2 Å². The highest BCUT2D eigenvalue weighted by molar-refractivity contribution is 6.30. The molecule has 0 fully saturated rings. The number of fused-ring (bicyclic) bond motifs is 1. The monoisotopic (exact) mass is 345 g/mol. The van der Waals surface area contributed by atoms with Crippen molar-refractivity contribution in [1.82, 2.24) is 5.32 Å². The van der Waals surface area contributed by atoms with Crippen molar-refractivity contribution in [2.24, 2.45) is 5.92 Å². The number of carbonyl (C=O) groups excluding carboxylic acids is 1.